The molecule has 5 heteroatoms. The summed E-state index contributed by atoms with van der Waals surface area (Å²) in [4.78, 5) is 41.1. The number of hydrogen-bond acceptors (Lipinski definition) is 3. The largest absolute Gasteiger partial charge is 0.315 e. The van der Waals surface area contributed by atoms with Crippen molar-refractivity contribution in [3.05, 3.63) is 96.6 Å². The number of imide groups is 1. The fourth-order valence-corrected chi connectivity index (χ4v) is 3.12. The molecule has 0 saturated carbocycles. The number of hydrogen-bond donors (Lipinski definition) is 0. The van der Waals surface area contributed by atoms with Crippen molar-refractivity contribution in [2.24, 2.45) is 5.92 Å². The van der Waals surface area contributed by atoms with Crippen LogP contribution >= 0.6 is 0 Å². The second-order valence-electron chi connectivity index (χ2n) is 6.55. The van der Waals surface area contributed by atoms with Gasteiger partial charge in [0, 0.05) is 12.7 Å². The fourth-order valence-electron chi connectivity index (χ4n) is 3.12. The normalized spacial score (nSPS) is 13.1. The van der Waals surface area contributed by atoms with E-state index < -0.39 is 17.7 Å². The first-order valence-electron chi connectivity index (χ1n) is 10.3. The van der Waals surface area contributed by atoms with Crippen LogP contribution in [0.4, 0.5) is 11.4 Å². The first-order chi connectivity index (χ1) is 15.1. The molecule has 2 aromatic carbocycles. The number of allylic oxidation sites excluding steroid dienone is 5. The highest BCUT2D eigenvalue weighted by Crippen LogP contribution is 2.25. The van der Waals surface area contributed by atoms with Crippen LogP contribution in [0, 0.1) is 5.92 Å². The Balaban J connectivity index is 0.00000166. The van der Waals surface area contributed by atoms with Crippen LogP contribution in [0.3, 0.4) is 0 Å². The lowest BCUT2D eigenvalue weighted by molar-refractivity contribution is -0.131. The van der Waals surface area contributed by atoms with E-state index in [4.69, 9.17) is 0 Å². The van der Waals surface area contributed by atoms with Gasteiger partial charge in [-0.3, -0.25) is 19.3 Å². The van der Waals surface area contributed by atoms with E-state index in [1.165, 1.54) is 4.90 Å². The zero-order valence-corrected chi connectivity index (χ0v) is 18.1. The minimum atomic E-state index is -1.15. The van der Waals surface area contributed by atoms with Crippen LogP contribution < -0.4 is 9.80 Å². The van der Waals surface area contributed by atoms with Crippen molar-refractivity contribution in [1.82, 2.24) is 0 Å². The van der Waals surface area contributed by atoms with Gasteiger partial charge in [0.1, 0.15) is 5.92 Å². The summed E-state index contributed by atoms with van der Waals surface area (Å²) >= 11 is 0. The highest BCUT2D eigenvalue weighted by atomic mass is 16.2. The third-order valence-corrected chi connectivity index (χ3v) is 4.69. The molecule has 1 aliphatic carbocycles. The van der Waals surface area contributed by atoms with Crippen LogP contribution in [-0.2, 0) is 14.4 Å². The summed E-state index contributed by atoms with van der Waals surface area (Å²) in [5.41, 5.74) is 1.63. The summed E-state index contributed by atoms with van der Waals surface area (Å²) in [5, 5.41) is 0. The Morgan fingerprint density at radius 2 is 1.45 bits per heavy atom. The molecular formula is C26H28N2O3. The van der Waals surface area contributed by atoms with Gasteiger partial charge < -0.3 is 4.90 Å². The summed E-state index contributed by atoms with van der Waals surface area (Å²) in [7, 11) is 1.63. The molecule has 0 fully saturated rings. The zero-order valence-electron chi connectivity index (χ0n) is 18.1. The molecule has 0 spiro atoms. The molecule has 0 aliphatic heterocycles. The Bertz CT molecular complexity index is 963. The van der Waals surface area contributed by atoms with Gasteiger partial charge in [0.15, 0.2) is 0 Å². The van der Waals surface area contributed by atoms with Gasteiger partial charge in [-0.05, 0) is 36.3 Å². The SMILES string of the molecule is CC.CN(C(=O)C(C(=O)N(C=O)c1ccccc1)C1=CC=CCC=C1)c1ccccc1. The second kappa shape index (κ2) is 12.1. The Hall–Kier alpha value is -3.73. The van der Waals surface area contributed by atoms with Crippen LogP contribution in [-0.4, -0.2) is 25.3 Å². The highest BCUT2D eigenvalue weighted by molar-refractivity contribution is 6.19. The predicted molar refractivity (Wildman–Crippen MR) is 126 cm³/mol. The van der Waals surface area contributed by atoms with Crippen molar-refractivity contribution in [3.8, 4) is 0 Å². The summed E-state index contributed by atoms with van der Waals surface area (Å²) in [6.07, 6.45) is 10.3. The van der Waals surface area contributed by atoms with Crippen molar-refractivity contribution in [1.29, 1.82) is 0 Å². The lowest BCUT2D eigenvalue weighted by atomic mass is 9.94. The first-order valence-corrected chi connectivity index (χ1v) is 10.3. The van der Waals surface area contributed by atoms with E-state index in [9.17, 15) is 14.4 Å². The van der Waals surface area contributed by atoms with Crippen LogP contribution in [0.15, 0.2) is 96.6 Å². The monoisotopic (exact) mass is 416 g/mol. The van der Waals surface area contributed by atoms with Crippen molar-refractivity contribution < 1.29 is 14.4 Å². The molecule has 3 rings (SSSR count). The maximum Gasteiger partial charge on any atom is 0.250 e. The Morgan fingerprint density at radius 3 is 2.03 bits per heavy atom. The van der Waals surface area contributed by atoms with E-state index >= 15 is 0 Å². The van der Waals surface area contributed by atoms with Gasteiger partial charge in [-0.1, -0.05) is 80.6 Å². The van der Waals surface area contributed by atoms with Crippen molar-refractivity contribution in [2.45, 2.75) is 20.3 Å². The topological polar surface area (TPSA) is 57.7 Å². The third-order valence-electron chi connectivity index (χ3n) is 4.69. The zero-order chi connectivity index (χ0) is 22.6. The third kappa shape index (κ3) is 5.89. The van der Waals surface area contributed by atoms with Crippen LogP contribution in [0.2, 0.25) is 0 Å². The number of anilines is 2. The maximum absolute atomic E-state index is 13.4. The van der Waals surface area contributed by atoms with Crippen molar-refractivity contribution >= 4 is 29.6 Å². The fraction of sp³-hybridized carbons (Fsp3) is 0.192. The van der Waals surface area contributed by atoms with Crippen LogP contribution in [0.25, 0.3) is 0 Å². The summed E-state index contributed by atoms with van der Waals surface area (Å²) in [6, 6.07) is 17.7. The molecular weight excluding hydrogens is 388 g/mol. The molecule has 0 radical (unpaired) electrons. The molecule has 1 unspecified atom stereocenters. The number of nitrogens with zero attached hydrogens (tertiary/aromatic N) is 2. The summed E-state index contributed by atoms with van der Waals surface area (Å²) in [5.74, 6) is -2.15. The lowest BCUT2D eigenvalue weighted by Gasteiger charge is -2.27. The molecule has 160 valence electrons. The van der Waals surface area contributed by atoms with E-state index in [2.05, 4.69) is 0 Å². The predicted octanol–water partition coefficient (Wildman–Crippen LogP) is 4.92. The lowest BCUT2D eigenvalue weighted by Crippen LogP contribution is -2.45. The van der Waals surface area contributed by atoms with Gasteiger partial charge >= 0.3 is 0 Å². The van der Waals surface area contributed by atoms with Crippen molar-refractivity contribution in [3.63, 3.8) is 0 Å². The molecule has 0 N–H and O–H groups in total. The number of amides is 3. The summed E-state index contributed by atoms with van der Waals surface area (Å²) < 4.78 is 0. The first kappa shape index (κ1) is 23.5. The molecule has 3 amide bonds. The average molecular weight is 417 g/mol. The molecule has 2 aromatic rings. The van der Waals surface area contributed by atoms with Gasteiger partial charge in [0.05, 0.1) is 5.69 Å². The van der Waals surface area contributed by atoms with Gasteiger partial charge in [0.2, 0.25) is 12.3 Å². The standard InChI is InChI=1S/C24H22N2O3.C2H6/c1-25(20-14-8-4-9-15-20)23(28)22(19-12-6-2-3-7-13-19)24(29)26(18-27)21-16-10-5-11-17-21;1-2/h2,4-18,22H,3H2,1H3;1-2H3. The van der Waals surface area contributed by atoms with E-state index in [1.54, 1.807) is 61.7 Å². The van der Waals surface area contributed by atoms with Crippen LogP contribution in [0.5, 0.6) is 0 Å². The minimum Gasteiger partial charge on any atom is -0.315 e. The van der Waals surface area contributed by atoms with Gasteiger partial charge in [-0.2, -0.15) is 0 Å². The molecule has 31 heavy (non-hydrogen) atoms. The van der Waals surface area contributed by atoms with Crippen LogP contribution in [0.1, 0.15) is 20.3 Å². The van der Waals surface area contributed by atoms with Gasteiger partial charge in [-0.15, -0.1) is 0 Å². The number of carbonyl (C=O) groups excluding carboxylic acids is 3. The number of carbonyl (C=O) groups is 3. The number of benzene rings is 2. The summed E-state index contributed by atoms with van der Waals surface area (Å²) in [6.45, 7) is 4.00. The van der Waals surface area contributed by atoms with E-state index in [0.717, 1.165) is 4.90 Å². The number of para-hydroxylation sites is 2. The Labute approximate surface area is 184 Å². The minimum absolute atomic E-state index is 0.407. The smallest absolute Gasteiger partial charge is 0.250 e. The molecule has 0 saturated heterocycles. The second-order valence-corrected chi connectivity index (χ2v) is 6.55. The van der Waals surface area contributed by atoms with E-state index in [-0.39, 0.29) is 0 Å². The van der Waals surface area contributed by atoms with Crippen molar-refractivity contribution in [2.75, 3.05) is 16.8 Å². The average Bonchev–Trinajstić information content (AvgIpc) is 3.11. The molecule has 0 bridgehead atoms. The Kier molecular flexibility index (Phi) is 9.17. The number of rotatable bonds is 6. The molecule has 1 aliphatic rings. The quantitative estimate of drug-likeness (QED) is 0.496. The van der Waals surface area contributed by atoms with E-state index in [0.29, 0.717) is 29.8 Å². The highest BCUT2D eigenvalue weighted by Gasteiger charge is 2.36. The molecule has 5 nitrogen and oxygen atoms in total. The van der Waals surface area contributed by atoms with Gasteiger partial charge in [-0.25, -0.2) is 0 Å². The Morgan fingerprint density at radius 1 is 0.871 bits per heavy atom. The molecule has 0 heterocycles. The van der Waals surface area contributed by atoms with E-state index in [1.807, 2.05) is 50.3 Å². The molecule has 1 atom stereocenters. The maximum atomic E-state index is 13.4. The molecule has 0 aromatic heterocycles. The van der Waals surface area contributed by atoms with Gasteiger partial charge in [0.25, 0.3) is 5.91 Å².